The number of rotatable bonds is 4. The summed E-state index contributed by atoms with van der Waals surface area (Å²) >= 11 is 2.15. The fourth-order valence-corrected chi connectivity index (χ4v) is 5.84. The van der Waals surface area contributed by atoms with Crippen molar-refractivity contribution in [2.24, 2.45) is 5.92 Å². The molecule has 0 aromatic carbocycles. The highest BCUT2D eigenvalue weighted by Crippen LogP contribution is 2.50. The lowest BCUT2D eigenvalue weighted by Crippen LogP contribution is -3.00. The summed E-state index contributed by atoms with van der Waals surface area (Å²) in [5, 5.41) is 0. The monoisotopic (exact) mass is 349 g/mol. The van der Waals surface area contributed by atoms with Crippen LogP contribution in [-0.4, -0.2) is 48.0 Å². The van der Waals surface area contributed by atoms with Crippen LogP contribution in [0.25, 0.3) is 0 Å². The Hall–Kier alpha value is 0.750. The molecule has 4 heteroatoms. The summed E-state index contributed by atoms with van der Waals surface area (Å²) in [5.41, 5.74) is 0. The van der Waals surface area contributed by atoms with E-state index >= 15 is 0 Å². The van der Waals surface area contributed by atoms with Crippen LogP contribution in [0.1, 0.15) is 45.4 Å². The van der Waals surface area contributed by atoms with Gasteiger partial charge in [0.05, 0.1) is 19.6 Å². The highest BCUT2D eigenvalue weighted by Gasteiger charge is 2.56. The van der Waals surface area contributed by atoms with Gasteiger partial charge in [0, 0.05) is 25.4 Å². The van der Waals surface area contributed by atoms with Crippen molar-refractivity contribution in [2.75, 3.05) is 38.5 Å². The smallest absolute Gasteiger partial charge is 0.165 e. The molecule has 2 nitrogen and oxygen atoms in total. The molecule has 0 aromatic rings. The highest BCUT2D eigenvalue weighted by molar-refractivity contribution is 8.00. The van der Waals surface area contributed by atoms with Crippen LogP contribution in [0.5, 0.6) is 0 Å². The van der Waals surface area contributed by atoms with Gasteiger partial charge in [0.2, 0.25) is 0 Å². The Kier molecular flexibility index (Phi) is 5.67. The zero-order valence-electron chi connectivity index (χ0n) is 12.2. The van der Waals surface area contributed by atoms with Gasteiger partial charge in [-0.3, -0.25) is 0 Å². The van der Waals surface area contributed by atoms with Crippen LogP contribution >= 0.6 is 11.8 Å². The topological polar surface area (TPSA) is 9.23 Å². The van der Waals surface area contributed by atoms with Crippen LogP contribution < -0.4 is 17.0 Å². The van der Waals surface area contributed by atoms with Gasteiger partial charge in [0.25, 0.3) is 0 Å². The van der Waals surface area contributed by atoms with Gasteiger partial charge in [0.1, 0.15) is 6.54 Å². The highest BCUT2D eigenvalue weighted by atomic mass is 79.9. The summed E-state index contributed by atoms with van der Waals surface area (Å²) in [6, 6.07) is 0. The van der Waals surface area contributed by atoms with Crippen LogP contribution in [0.4, 0.5) is 0 Å². The number of fused-ring (bicyclic) bond motifs is 2. The molecular weight excluding hydrogens is 322 g/mol. The third-order valence-electron chi connectivity index (χ3n) is 5.30. The third kappa shape index (κ3) is 3.17. The van der Waals surface area contributed by atoms with E-state index in [0.717, 1.165) is 12.5 Å². The Labute approximate surface area is 133 Å². The molecule has 0 amide bonds. The normalized spacial score (nSPS) is 41.2. The molecule has 2 bridgehead atoms. The average Bonchev–Trinajstić information content (AvgIpc) is 2.41. The molecule has 1 spiro atoms. The Balaban J connectivity index is 0.00000133. The van der Waals surface area contributed by atoms with E-state index in [9.17, 15) is 0 Å². The maximum Gasteiger partial charge on any atom is 0.165 e. The first-order valence-corrected chi connectivity index (χ1v) is 8.90. The van der Waals surface area contributed by atoms with Crippen molar-refractivity contribution in [1.82, 2.24) is 0 Å². The molecule has 4 aliphatic heterocycles. The van der Waals surface area contributed by atoms with Crippen LogP contribution in [0.2, 0.25) is 0 Å². The van der Waals surface area contributed by atoms with E-state index in [-0.39, 0.29) is 21.9 Å². The Morgan fingerprint density at radius 1 is 1.26 bits per heavy atom. The van der Waals surface area contributed by atoms with Crippen LogP contribution in [0, 0.1) is 5.92 Å². The maximum atomic E-state index is 6.32. The SMILES string of the molecule is CCCCC[N+]12CCC(CC1)C1(C2)OCCCS1.[Br-]. The molecule has 112 valence electrons. The average molecular weight is 350 g/mol. The standard InChI is InChI=1S/C15H28NOS.BrH/c1-2-3-4-8-16-9-6-14(7-10-16)15(13-16)17-11-5-12-18-15;/h14H,2-13H2,1H3;1H/q+1;/p-1. The molecule has 0 aliphatic carbocycles. The number of ether oxygens (including phenoxy) is 1. The molecule has 4 saturated heterocycles. The first kappa shape index (κ1) is 16.1. The van der Waals surface area contributed by atoms with Crippen molar-refractivity contribution >= 4 is 11.8 Å². The Morgan fingerprint density at radius 2 is 2.05 bits per heavy atom. The van der Waals surface area contributed by atoms with Crippen LogP contribution in [0.15, 0.2) is 0 Å². The molecular formula is C15H28BrNOS. The van der Waals surface area contributed by atoms with E-state index in [1.165, 1.54) is 74.9 Å². The van der Waals surface area contributed by atoms with E-state index < -0.39 is 0 Å². The molecule has 1 atom stereocenters. The number of unbranched alkanes of at least 4 members (excludes halogenated alkanes) is 2. The van der Waals surface area contributed by atoms with Crippen molar-refractivity contribution in [2.45, 2.75) is 50.4 Å². The van der Waals surface area contributed by atoms with Gasteiger partial charge in [-0.05, 0) is 25.0 Å². The van der Waals surface area contributed by atoms with Crippen molar-refractivity contribution in [1.29, 1.82) is 0 Å². The van der Waals surface area contributed by atoms with E-state index in [4.69, 9.17) is 4.74 Å². The molecule has 4 fully saturated rings. The van der Waals surface area contributed by atoms with E-state index in [0.29, 0.717) is 0 Å². The number of piperidine rings is 3. The Bertz CT molecular complexity index is 286. The van der Waals surface area contributed by atoms with Crippen molar-refractivity contribution in [3.63, 3.8) is 0 Å². The predicted molar refractivity (Wildman–Crippen MR) is 77.7 cm³/mol. The Morgan fingerprint density at radius 3 is 2.68 bits per heavy atom. The quantitative estimate of drug-likeness (QED) is 0.532. The van der Waals surface area contributed by atoms with Gasteiger partial charge in [-0.2, -0.15) is 0 Å². The minimum Gasteiger partial charge on any atom is -1.00 e. The van der Waals surface area contributed by atoms with Gasteiger partial charge in [-0.15, -0.1) is 11.8 Å². The second-order valence-electron chi connectivity index (χ2n) is 6.51. The summed E-state index contributed by atoms with van der Waals surface area (Å²) in [7, 11) is 0. The van der Waals surface area contributed by atoms with Gasteiger partial charge in [0.15, 0.2) is 4.93 Å². The molecule has 19 heavy (non-hydrogen) atoms. The fraction of sp³-hybridized carbons (Fsp3) is 1.00. The number of halogens is 1. The second-order valence-corrected chi connectivity index (χ2v) is 7.90. The lowest BCUT2D eigenvalue weighted by atomic mass is 9.82. The van der Waals surface area contributed by atoms with Crippen molar-refractivity contribution in [3.8, 4) is 0 Å². The lowest BCUT2D eigenvalue weighted by Gasteiger charge is -2.58. The number of thioether (sulfide) groups is 1. The molecule has 0 saturated carbocycles. The summed E-state index contributed by atoms with van der Waals surface area (Å²) in [6.07, 6.45) is 8.26. The van der Waals surface area contributed by atoms with Gasteiger partial charge < -0.3 is 26.2 Å². The first-order chi connectivity index (χ1) is 8.79. The fourth-order valence-electron chi connectivity index (χ4n) is 4.23. The lowest BCUT2D eigenvalue weighted by molar-refractivity contribution is -0.948. The predicted octanol–water partition coefficient (Wildman–Crippen LogP) is 0.271. The minimum atomic E-state index is 0. The third-order valence-corrected chi connectivity index (χ3v) is 6.86. The van der Waals surface area contributed by atoms with E-state index in [1.807, 2.05) is 0 Å². The summed E-state index contributed by atoms with van der Waals surface area (Å²) in [6.45, 7) is 8.90. The molecule has 4 aliphatic rings. The minimum absolute atomic E-state index is 0. The van der Waals surface area contributed by atoms with Crippen molar-refractivity contribution < 1.29 is 26.2 Å². The molecule has 0 aromatic heterocycles. The molecule has 1 unspecified atom stereocenters. The zero-order valence-corrected chi connectivity index (χ0v) is 14.6. The molecule has 4 heterocycles. The van der Waals surface area contributed by atoms with E-state index in [1.54, 1.807) is 0 Å². The second kappa shape index (κ2) is 6.67. The molecule has 4 rings (SSSR count). The molecule has 0 N–H and O–H groups in total. The van der Waals surface area contributed by atoms with E-state index in [2.05, 4.69) is 18.7 Å². The number of hydrogen-bond acceptors (Lipinski definition) is 2. The number of hydrogen-bond donors (Lipinski definition) is 0. The van der Waals surface area contributed by atoms with Gasteiger partial charge >= 0.3 is 0 Å². The largest absolute Gasteiger partial charge is 1.00 e. The first-order valence-electron chi connectivity index (χ1n) is 7.92. The molecule has 0 radical (unpaired) electrons. The maximum absolute atomic E-state index is 6.32. The summed E-state index contributed by atoms with van der Waals surface area (Å²) in [4.78, 5) is 0.223. The van der Waals surface area contributed by atoms with Gasteiger partial charge in [-0.25, -0.2) is 0 Å². The summed E-state index contributed by atoms with van der Waals surface area (Å²) in [5.74, 6) is 2.18. The zero-order chi connectivity index (χ0) is 12.5. The van der Waals surface area contributed by atoms with Crippen LogP contribution in [-0.2, 0) is 4.74 Å². The number of quaternary nitrogens is 1. The van der Waals surface area contributed by atoms with Gasteiger partial charge in [-0.1, -0.05) is 13.3 Å². The summed E-state index contributed by atoms with van der Waals surface area (Å²) < 4.78 is 7.70. The van der Waals surface area contributed by atoms with Crippen LogP contribution in [0.3, 0.4) is 0 Å². The van der Waals surface area contributed by atoms with Crippen molar-refractivity contribution in [3.05, 3.63) is 0 Å². The number of nitrogens with zero attached hydrogens (tertiary/aromatic N) is 1.